The van der Waals surface area contributed by atoms with Gasteiger partial charge in [-0.05, 0) is 36.6 Å². The van der Waals surface area contributed by atoms with Crippen LogP contribution in [0.25, 0.3) is 11.4 Å². The number of amides is 1. The van der Waals surface area contributed by atoms with Gasteiger partial charge in [0.1, 0.15) is 5.75 Å². The van der Waals surface area contributed by atoms with E-state index in [1.165, 1.54) is 22.9 Å². The molecule has 1 aromatic heterocycles. The maximum atomic E-state index is 12.6. The summed E-state index contributed by atoms with van der Waals surface area (Å²) in [6.07, 6.45) is 0.827. The number of thioether (sulfide) groups is 1. The number of methoxy groups -OCH3 is 1. The van der Waals surface area contributed by atoms with Crippen LogP contribution in [0.4, 0.5) is 0 Å². The molecule has 180 valence electrons. The maximum absolute atomic E-state index is 12.6. The third-order valence-corrected chi connectivity index (χ3v) is 6.84. The molecule has 4 aromatic rings. The molecular weight excluding hydrogens is 456 g/mol. The number of rotatable bonds is 11. The van der Waals surface area contributed by atoms with Crippen molar-refractivity contribution in [3.8, 4) is 17.1 Å². The Balaban J connectivity index is 1.36. The molecule has 0 fully saturated rings. The number of benzene rings is 3. The second-order valence-corrected chi connectivity index (χ2v) is 8.99. The third kappa shape index (κ3) is 6.11. The number of hydrogen-bond donors (Lipinski definition) is 1. The molecule has 0 saturated heterocycles. The summed E-state index contributed by atoms with van der Waals surface area (Å²) in [6, 6.07) is 28.6. The van der Waals surface area contributed by atoms with Crippen molar-refractivity contribution >= 4 is 17.7 Å². The van der Waals surface area contributed by atoms with Gasteiger partial charge in [-0.15, -0.1) is 10.2 Å². The van der Waals surface area contributed by atoms with E-state index in [-0.39, 0.29) is 17.6 Å². The number of para-hydroxylation sites is 1. The number of nitrogens with zero attached hydrogens (tertiary/aromatic N) is 3. The van der Waals surface area contributed by atoms with Crippen LogP contribution in [0.1, 0.15) is 30.4 Å². The van der Waals surface area contributed by atoms with Gasteiger partial charge in [0, 0.05) is 19.0 Å². The van der Waals surface area contributed by atoms with Gasteiger partial charge >= 0.3 is 0 Å². The van der Waals surface area contributed by atoms with Gasteiger partial charge in [0.25, 0.3) is 0 Å². The third-order valence-electron chi connectivity index (χ3n) is 5.87. The van der Waals surface area contributed by atoms with Gasteiger partial charge in [0.05, 0.1) is 18.4 Å². The van der Waals surface area contributed by atoms with Crippen molar-refractivity contribution in [1.29, 1.82) is 0 Å². The van der Waals surface area contributed by atoms with Crippen molar-refractivity contribution in [3.05, 3.63) is 96.1 Å². The molecule has 1 heterocycles. The molecule has 0 bridgehead atoms. The lowest BCUT2D eigenvalue weighted by Crippen LogP contribution is -2.27. The highest BCUT2D eigenvalue weighted by atomic mass is 32.2. The number of nitrogens with one attached hydrogen (secondary N) is 1. The van der Waals surface area contributed by atoms with E-state index in [4.69, 9.17) is 4.74 Å². The molecule has 0 saturated carbocycles. The number of aromatic nitrogens is 3. The van der Waals surface area contributed by atoms with Crippen LogP contribution in [0.15, 0.2) is 90.1 Å². The topological polar surface area (TPSA) is 69.0 Å². The summed E-state index contributed by atoms with van der Waals surface area (Å²) in [5.74, 6) is 1.99. The molecule has 6 nitrogen and oxygen atoms in total. The van der Waals surface area contributed by atoms with Gasteiger partial charge in [0.2, 0.25) is 5.91 Å². The summed E-state index contributed by atoms with van der Waals surface area (Å²) in [4.78, 5) is 12.6. The Labute approximate surface area is 210 Å². The van der Waals surface area contributed by atoms with E-state index in [0.29, 0.717) is 13.1 Å². The Morgan fingerprint density at radius 2 is 1.57 bits per heavy atom. The van der Waals surface area contributed by atoms with E-state index in [9.17, 15) is 4.79 Å². The summed E-state index contributed by atoms with van der Waals surface area (Å²) in [7, 11) is 1.64. The lowest BCUT2D eigenvalue weighted by molar-refractivity contribution is -0.118. The van der Waals surface area contributed by atoms with Crippen LogP contribution in [-0.4, -0.2) is 40.1 Å². The highest BCUT2D eigenvalue weighted by Crippen LogP contribution is 2.31. The molecule has 0 aliphatic rings. The molecule has 0 atom stereocenters. The first kappa shape index (κ1) is 24.5. The van der Waals surface area contributed by atoms with E-state index in [0.717, 1.165) is 28.7 Å². The van der Waals surface area contributed by atoms with Crippen molar-refractivity contribution < 1.29 is 9.53 Å². The quantitative estimate of drug-likeness (QED) is 0.287. The van der Waals surface area contributed by atoms with Gasteiger partial charge in [0.15, 0.2) is 11.0 Å². The number of carbonyl (C=O) groups excluding carboxylic acids is 1. The van der Waals surface area contributed by atoms with Crippen molar-refractivity contribution in [2.75, 3.05) is 19.4 Å². The number of hydrogen-bond acceptors (Lipinski definition) is 5. The first-order valence-corrected chi connectivity index (χ1v) is 12.8. The molecule has 0 unspecified atom stereocenters. The first-order valence-electron chi connectivity index (χ1n) is 11.8. The van der Waals surface area contributed by atoms with Crippen LogP contribution in [0.5, 0.6) is 5.75 Å². The summed E-state index contributed by atoms with van der Waals surface area (Å²) in [5.41, 5.74) is 3.39. The van der Waals surface area contributed by atoms with Crippen LogP contribution >= 0.6 is 11.8 Å². The molecule has 0 radical (unpaired) electrons. The average Bonchev–Trinajstić information content (AvgIpc) is 3.33. The van der Waals surface area contributed by atoms with Gasteiger partial charge in [-0.25, -0.2) is 0 Å². The summed E-state index contributed by atoms with van der Waals surface area (Å²) < 4.78 is 7.49. The molecule has 3 aromatic carbocycles. The van der Waals surface area contributed by atoms with Crippen molar-refractivity contribution in [2.45, 2.75) is 31.0 Å². The minimum atomic E-state index is -0.0145. The number of ether oxygens (including phenoxy) is 1. The molecule has 1 amide bonds. The lowest BCUT2D eigenvalue weighted by Gasteiger charge is -2.18. The van der Waals surface area contributed by atoms with E-state index in [2.05, 4.69) is 64.0 Å². The molecule has 0 aliphatic carbocycles. The van der Waals surface area contributed by atoms with Crippen LogP contribution in [0.2, 0.25) is 0 Å². The second-order valence-electron chi connectivity index (χ2n) is 8.05. The van der Waals surface area contributed by atoms with Crippen LogP contribution < -0.4 is 10.1 Å². The Morgan fingerprint density at radius 1 is 0.943 bits per heavy atom. The fraction of sp³-hybridized carbons (Fsp3) is 0.250. The zero-order valence-corrected chi connectivity index (χ0v) is 20.9. The van der Waals surface area contributed by atoms with Crippen LogP contribution in [0.3, 0.4) is 0 Å². The maximum Gasteiger partial charge on any atom is 0.230 e. The fourth-order valence-electron chi connectivity index (χ4n) is 4.14. The van der Waals surface area contributed by atoms with Crippen molar-refractivity contribution in [2.24, 2.45) is 0 Å². The second kappa shape index (κ2) is 12.2. The SMILES string of the molecule is CCn1c(SCC(=O)NCCC(c2ccccc2)c2ccccc2)nnc1-c1ccccc1OC. The molecule has 7 heteroatoms. The predicted molar refractivity (Wildman–Crippen MR) is 141 cm³/mol. The zero-order chi connectivity index (χ0) is 24.5. The first-order chi connectivity index (χ1) is 17.2. The van der Waals surface area contributed by atoms with Gasteiger partial charge in [-0.1, -0.05) is 84.6 Å². The minimum absolute atomic E-state index is 0.0145. The van der Waals surface area contributed by atoms with Crippen LogP contribution in [-0.2, 0) is 11.3 Å². The van der Waals surface area contributed by atoms with Crippen molar-refractivity contribution in [3.63, 3.8) is 0 Å². The van der Waals surface area contributed by atoms with Crippen molar-refractivity contribution in [1.82, 2.24) is 20.1 Å². The van der Waals surface area contributed by atoms with E-state index in [1.807, 2.05) is 47.9 Å². The Kier molecular flexibility index (Phi) is 8.57. The van der Waals surface area contributed by atoms with Gasteiger partial charge < -0.3 is 14.6 Å². The summed E-state index contributed by atoms with van der Waals surface area (Å²) in [6.45, 7) is 3.33. The van der Waals surface area contributed by atoms with Gasteiger partial charge in [-0.2, -0.15) is 0 Å². The summed E-state index contributed by atoms with van der Waals surface area (Å²) >= 11 is 1.40. The van der Waals surface area contributed by atoms with Gasteiger partial charge in [-0.3, -0.25) is 4.79 Å². The standard InChI is InChI=1S/C28H30N4O2S/c1-3-32-27(24-16-10-11-17-25(24)34-2)30-31-28(32)35-20-26(33)29-19-18-23(21-12-6-4-7-13-21)22-14-8-5-9-15-22/h4-17,23H,3,18-20H2,1-2H3,(H,29,33). The minimum Gasteiger partial charge on any atom is -0.496 e. The molecular formula is C28H30N4O2S. The van der Waals surface area contributed by atoms with E-state index in [1.54, 1.807) is 7.11 Å². The largest absolute Gasteiger partial charge is 0.496 e. The van der Waals surface area contributed by atoms with Crippen LogP contribution in [0, 0.1) is 0 Å². The molecule has 4 rings (SSSR count). The summed E-state index contributed by atoms with van der Waals surface area (Å²) in [5, 5.41) is 12.5. The highest BCUT2D eigenvalue weighted by Gasteiger charge is 2.18. The zero-order valence-electron chi connectivity index (χ0n) is 20.1. The normalized spacial score (nSPS) is 10.9. The number of carbonyl (C=O) groups is 1. The molecule has 0 aliphatic heterocycles. The van der Waals surface area contributed by atoms with E-state index >= 15 is 0 Å². The monoisotopic (exact) mass is 486 g/mol. The Morgan fingerprint density at radius 3 is 2.20 bits per heavy atom. The Hall–Kier alpha value is -3.58. The van der Waals surface area contributed by atoms with E-state index < -0.39 is 0 Å². The smallest absolute Gasteiger partial charge is 0.230 e. The predicted octanol–water partition coefficient (Wildman–Crippen LogP) is 5.40. The average molecular weight is 487 g/mol. The Bertz CT molecular complexity index is 1190. The molecule has 35 heavy (non-hydrogen) atoms. The fourth-order valence-corrected chi connectivity index (χ4v) is 4.97. The lowest BCUT2D eigenvalue weighted by atomic mass is 9.88. The highest BCUT2D eigenvalue weighted by molar-refractivity contribution is 7.99. The molecule has 1 N–H and O–H groups in total. The molecule has 0 spiro atoms.